The topological polar surface area (TPSA) is 76.5 Å². The van der Waals surface area contributed by atoms with Gasteiger partial charge in [-0.05, 0) is 36.1 Å². The smallest absolute Gasteiger partial charge is 0.261 e. The molecular formula is C26H30N4O3. The number of nitrogens with one attached hydrogen (secondary N) is 1. The van der Waals surface area contributed by atoms with Crippen LogP contribution in [0, 0.1) is 0 Å². The minimum Gasteiger partial charge on any atom is -0.379 e. The molecule has 1 saturated heterocycles. The maximum absolute atomic E-state index is 13.0. The van der Waals surface area contributed by atoms with Crippen LogP contribution in [-0.4, -0.2) is 46.7 Å². The second kappa shape index (κ2) is 9.85. The predicted octanol–water partition coefficient (Wildman–Crippen LogP) is 2.81. The van der Waals surface area contributed by atoms with Crippen LogP contribution < -0.4 is 10.9 Å². The average Bonchev–Trinajstić information content (AvgIpc) is 3.67. The Morgan fingerprint density at radius 1 is 1.06 bits per heavy atom. The van der Waals surface area contributed by atoms with Crippen molar-refractivity contribution in [3.05, 3.63) is 75.8 Å². The summed E-state index contributed by atoms with van der Waals surface area (Å²) in [5, 5.41) is 3.68. The van der Waals surface area contributed by atoms with Crippen molar-refractivity contribution in [2.24, 2.45) is 0 Å². The van der Waals surface area contributed by atoms with E-state index in [0.29, 0.717) is 36.1 Å². The van der Waals surface area contributed by atoms with Crippen LogP contribution >= 0.6 is 0 Å². The van der Waals surface area contributed by atoms with Crippen LogP contribution in [0.25, 0.3) is 10.9 Å². The van der Waals surface area contributed by atoms with Crippen molar-refractivity contribution in [1.82, 2.24) is 19.8 Å². The lowest BCUT2D eigenvalue weighted by Crippen LogP contribution is -2.35. The number of benzene rings is 2. The van der Waals surface area contributed by atoms with Crippen LogP contribution in [0.15, 0.2) is 53.3 Å². The molecule has 7 nitrogen and oxygen atoms in total. The van der Waals surface area contributed by atoms with Crippen molar-refractivity contribution in [3.8, 4) is 0 Å². The van der Waals surface area contributed by atoms with E-state index >= 15 is 0 Å². The summed E-state index contributed by atoms with van der Waals surface area (Å²) in [5.74, 6) is 0.683. The zero-order chi connectivity index (χ0) is 22.6. The normalized spacial score (nSPS) is 16.7. The number of aromatic nitrogens is 2. The fraction of sp³-hybridized carbons (Fsp3) is 0.423. The number of para-hydroxylation sites is 1. The molecule has 7 heteroatoms. The van der Waals surface area contributed by atoms with E-state index in [-0.39, 0.29) is 17.5 Å². The maximum atomic E-state index is 13.0. The van der Waals surface area contributed by atoms with E-state index < -0.39 is 0 Å². The number of morpholine rings is 1. The Kier molecular flexibility index (Phi) is 6.51. The zero-order valence-electron chi connectivity index (χ0n) is 18.8. The summed E-state index contributed by atoms with van der Waals surface area (Å²) in [6, 6.07) is 16.0. The molecule has 1 amide bonds. The van der Waals surface area contributed by atoms with E-state index in [4.69, 9.17) is 9.72 Å². The first-order chi connectivity index (χ1) is 16.2. The van der Waals surface area contributed by atoms with Crippen molar-refractivity contribution in [3.63, 3.8) is 0 Å². The van der Waals surface area contributed by atoms with Crippen LogP contribution in [0.4, 0.5) is 0 Å². The molecule has 33 heavy (non-hydrogen) atoms. The Bertz CT molecular complexity index is 1200. The van der Waals surface area contributed by atoms with Crippen LogP contribution in [0.3, 0.4) is 0 Å². The molecule has 1 aliphatic heterocycles. The molecule has 1 saturated carbocycles. The Morgan fingerprint density at radius 2 is 1.85 bits per heavy atom. The Morgan fingerprint density at radius 3 is 2.67 bits per heavy atom. The quantitative estimate of drug-likeness (QED) is 0.576. The van der Waals surface area contributed by atoms with E-state index in [2.05, 4.69) is 22.3 Å². The number of nitrogens with zero attached hydrogens (tertiary/aromatic N) is 3. The molecule has 2 aromatic carbocycles. The molecule has 3 aromatic rings. The van der Waals surface area contributed by atoms with Crippen LogP contribution in [0.2, 0.25) is 0 Å². The summed E-state index contributed by atoms with van der Waals surface area (Å²) < 4.78 is 7.23. The summed E-state index contributed by atoms with van der Waals surface area (Å²) in [6.45, 7) is 4.88. The van der Waals surface area contributed by atoms with Crippen molar-refractivity contribution in [1.29, 1.82) is 0 Å². The van der Waals surface area contributed by atoms with Gasteiger partial charge in [0.25, 0.3) is 5.56 Å². The number of carbonyl (C=O) groups excluding carboxylic acids is 1. The molecule has 1 aromatic heterocycles. The number of carbonyl (C=O) groups is 1. The monoisotopic (exact) mass is 446 g/mol. The summed E-state index contributed by atoms with van der Waals surface area (Å²) in [5.41, 5.74) is 3.05. The molecule has 2 heterocycles. The highest BCUT2D eigenvalue weighted by atomic mass is 16.5. The minimum atomic E-state index is -0.0293. The fourth-order valence-corrected chi connectivity index (χ4v) is 4.45. The van der Waals surface area contributed by atoms with Gasteiger partial charge in [0.1, 0.15) is 5.82 Å². The van der Waals surface area contributed by atoms with Gasteiger partial charge >= 0.3 is 0 Å². The number of hydrogen-bond acceptors (Lipinski definition) is 5. The van der Waals surface area contributed by atoms with Crippen molar-refractivity contribution >= 4 is 16.8 Å². The van der Waals surface area contributed by atoms with Crippen molar-refractivity contribution < 1.29 is 9.53 Å². The van der Waals surface area contributed by atoms with Gasteiger partial charge in [0.05, 0.1) is 24.1 Å². The Balaban J connectivity index is 1.19. The molecule has 0 bridgehead atoms. The molecule has 1 aliphatic carbocycles. The van der Waals surface area contributed by atoms with Gasteiger partial charge < -0.3 is 10.1 Å². The lowest BCUT2D eigenvalue weighted by Gasteiger charge is -2.26. The maximum Gasteiger partial charge on any atom is 0.261 e. The highest BCUT2D eigenvalue weighted by Gasteiger charge is 2.28. The van der Waals surface area contributed by atoms with Crippen molar-refractivity contribution in [2.45, 2.75) is 44.8 Å². The number of fused-ring (bicyclic) bond motifs is 1. The summed E-state index contributed by atoms with van der Waals surface area (Å²) in [4.78, 5) is 32.7. The molecule has 172 valence electrons. The second-order valence-corrected chi connectivity index (χ2v) is 8.94. The minimum absolute atomic E-state index is 0.00981. The van der Waals surface area contributed by atoms with Crippen LogP contribution in [0.1, 0.15) is 42.3 Å². The van der Waals surface area contributed by atoms with Gasteiger partial charge in [-0.25, -0.2) is 4.98 Å². The number of aryl methyl sites for hydroxylation is 1. The molecule has 0 radical (unpaired) electrons. The van der Waals surface area contributed by atoms with Gasteiger partial charge in [0.15, 0.2) is 0 Å². The van der Waals surface area contributed by atoms with Gasteiger partial charge in [0, 0.05) is 45.1 Å². The van der Waals surface area contributed by atoms with E-state index in [1.807, 2.05) is 41.0 Å². The highest BCUT2D eigenvalue weighted by molar-refractivity contribution is 5.78. The number of hydrogen-bond donors (Lipinski definition) is 1. The molecule has 1 N–H and O–H groups in total. The van der Waals surface area contributed by atoms with Crippen LogP contribution in [0.5, 0.6) is 0 Å². The summed E-state index contributed by atoms with van der Waals surface area (Å²) in [7, 11) is 0. The molecule has 0 unspecified atom stereocenters. The fourth-order valence-electron chi connectivity index (χ4n) is 4.45. The predicted molar refractivity (Wildman–Crippen MR) is 127 cm³/mol. The first-order valence-electron chi connectivity index (χ1n) is 11.8. The van der Waals surface area contributed by atoms with Gasteiger partial charge in [-0.1, -0.05) is 36.4 Å². The zero-order valence-corrected chi connectivity index (χ0v) is 18.8. The van der Waals surface area contributed by atoms with Crippen LogP contribution in [-0.2, 0) is 29.0 Å². The van der Waals surface area contributed by atoms with Gasteiger partial charge in [-0.3, -0.25) is 19.1 Å². The van der Waals surface area contributed by atoms with E-state index in [1.54, 1.807) is 0 Å². The molecular weight excluding hydrogens is 416 g/mol. The largest absolute Gasteiger partial charge is 0.379 e. The summed E-state index contributed by atoms with van der Waals surface area (Å²) >= 11 is 0. The highest BCUT2D eigenvalue weighted by Crippen LogP contribution is 2.34. The third-order valence-electron chi connectivity index (χ3n) is 6.36. The third kappa shape index (κ3) is 5.31. The number of amides is 1. The Labute approximate surface area is 193 Å². The molecule has 2 fully saturated rings. The number of ether oxygens (including phenoxy) is 1. The molecule has 5 rings (SSSR count). The SMILES string of the molecule is O=C(CCc1nc2ccccc2c(=O)n1C1CC1)NCc1cccc(CN2CCOCC2)c1. The van der Waals surface area contributed by atoms with Crippen molar-refractivity contribution in [2.75, 3.05) is 26.3 Å². The van der Waals surface area contributed by atoms with E-state index in [0.717, 1.165) is 51.3 Å². The lowest BCUT2D eigenvalue weighted by molar-refractivity contribution is -0.121. The molecule has 0 atom stereocenters. The van der Waals surface area contributed by atoms with Gasteiger partial charge in [-0.2, -0.15) is 0 Å². The standard InChI is InChI=1S/C26H30N4O3/c31-25(27-17-19-4-3-5-20(16-19)18-29-12-14-33-15-13-29)11-10-24-28-23-7-2-1-6-22(23)26(32)30(24)21-8-9-21/h1-7,16,21H,8-15,17-18H2,(H,27,31). The first-order valence-corrected chi connectivity index (χ1v) is 11.8. The van der Waals surface area contributed by atoms with Gasteiger partial charge in [0.2, 0.25) is 5.91 Å². The molecule has 2 aliphatic rings. The number of rotatable bonds is 8. The van der Waals surface area contributed by atoms with E-state index in [1.165, 1.54) is 5.56 Å². The first kappa shape index (κ1) is 21.8. The molecule has 0 spiro atoms. The third-order valence-corrected chi connectivity index (χ3v) is 6.36. The second-order valence-electron chi connectivity index (χ2n) is 8.94. The van der Waals surface area contributed by atoms with Gasteiger partial charge in [-0.15, -0.1) is 0 Å². The Hall–Kier alpha value is -3.03. The summed E-state index contributed by atoms with van der Waals surface area (Å²) in [6.07, 6.45) is 2.77. The lowest BCUT2D eigenvalue weighted by atomic mass is 10.1. The average molecular weight is 447 g/mol. The van der Waals surface area contributed by atoms with E-state index in [9.17, 15) is 9.59 Å².